The summed E-state index contributed by atoms with van der Waals surface area (Å²) in [5.41, 5.74) is 0. The van der Waals surface area contributed by atoms with Crippen LogP contribution in [0.5, 0.6) is 0 Å². The van der Waals surface area contributed by atoms with Gasteiger partial charge in [0.25, 0.3) is 0 Å². The van der Waals surface area contributed by atoms with Crippen LogP contribution in [0, 0.1) is 0 Å². The average Bonchev–Trinajstić information content (AvgIpc) is 2.08. The molecule has 0 aliphatic carbocycles. The Balaban J connectivity index is 3.60. The van der Waals surface area contributed by atoms with Gasteiger partial charge in [-0.15, -0.1) is 0 Å². The number of hydrogen-bond donors (Lipinski definition) is 0. The molecule has 0 nitrogen and oxygen atoms in total. The van der Waals surface area contributed by atoms with Crippen molar-refractivity contribution < 1.29 is 4.11 Å². The molecule has 1 rings (SSSR count). The first kappa shape index (κ1) is 4.07. The highest BCUT2D eigenvalue weighted by molar-refractivity contribution is 6.43. The Kier molecular flexibility index (Phi) is 1.26. The van der Waals surface area contributed by atoms with Gasteiger partial charge < -0.3 is 0 Å². The standard InChI is InChI=1S/C6H3Cl3/c7-4-1-2-5(8)6(9)3-4/h1-3H/i1D,2D,3D. The predicted octanol–water partition coefficient (Wildman–Crippen LogP) is 3.65. The van der Waals surface area contributed by atoms with E-state index in [4.69, 9.17) is 38.9 Å². The lowest BCUT2D eigenvalue weighted by Crippen LogP contribution is -1.66. The molecular weight excluding hydrogens is 178 g/mol. The lowest BCUT2D eigenvalue weighted by molar-refractivity contribution is 1.70. The fourth-order valence-corrected chi connectivity index (χ4v) is 0.773. The number of halogens is 3. The van der Waals surface area contributed by atoms with E-state index in [0.29, 0.717) is 0 Å². The lowest BCUT2D eigenvalue weighted by atomic mass is 10.4. The van der Waals surface area contributed by atoms with Gasteiger partial charge in [0.2, 0.25) is 0 Å². The number of benzene rings is 1. The van der Waals surface area contributed by atoms with E-state index in [1.807, 2.05) is 0 Å². The first-order chi connectivity index (χ1) is 5.46. The van der Waals surface area contributed by atoms with Gasteiger partial charge in [-0.3, -0.25) is 0 Å². The summed E-state index contributed by atoms with van der Waals surface area (Å²) in [6.07, 6.45) is 0. The molecule has 0 saturated carbocycles. The molecule has 3 heteroatoms. The van der Waals surface area contributed by atoms with Crippen LogP contribution >= 0.6 is 34.8 Å². The maximum atomic E-state index is 7.27. The van der Waals surface area contributed by atoms with E-state index < -0.39 is 0 Å². The van der Waals surface area contributed by atoms with Crippen molar-refractivity contribution >= 4 is 34.8 Å². The zero-order valence-corrected chi connectivity index (χ0v) is 6.40. The Morgan fingerprint density at radius 3 is 2.44 bits per heavy atom. The molecule has 0 heterocycles. The minimum absolute atomic E-state index is 0.0809. The molecule has 48 valence electrons. The molecule has 0 unspecified atom stereocenters. The minimum Gasteiger partial charge on any atom is -0.0843 e. The summed E-state index contributed by atoms with van der Waals surface area (Å²) in [4.78, 5) is 0. The van der Waals surface area contributed by atoms with Crippen LogP contribution in [0.4, 0.5) is 0 Å². The molecule has 0 atom stereocenters. The summed E-state index contributed by atoms with van der Waals surface area (Å²) in [5.74, 6) is 0. The molecule has 1 aromatic rings. The maximum Gasteiger partial charge on any atom is 0.0655 e. The molecule has 1 aromatic carbocycles. The van der Waals surface area contributed by atoms with Crippen LogP contribution in [0.15, 0.2) is 18.1 Å². The van der Waals surface area contributed by atoms with Crippen molar-refractivity contribution in [1.29, 1.82) is 0 Å². The second-order valence-corrected chi connectivity index (χ2v) is 2.45. The molecule has 9 heavy (non-hydrogen) atoms. The first-order valence-electron chi connectivity index (χ1n) is 3.57. The molecule has 0 fully saturated rings. The lowest BCUT2D eigenvalue weighted by Gasteiger charge is -1.92. The predicted molar refractivity (Wildman–Crippen MR) is 41.5 cm³/mol. The summed E-state index contributed by atoms with van der Waals surface area (Å²) in [5, 5.41) is -0.326. The molecule has 0 saturated heterocycles. The first-order valence-corrected chi connectivity index (χ1v) is 3.20. The number of rotatable bonds is 0. The van der Waals surface area contributed by atoms with Gasteiger partial charge >= 0.3 is 0 Å². The molecular formula is C6H3Cl3. The third-order valence-electron chi connectivity index (χ3n) is 0.694. The smallest absolute Gasteiger partial charge is 0.0655 e. The van der Waals surface area contributed by atoms with Gasteiger partial charge in [-0.1, -0.05) is 34.8 Å². The molecule has 0 spiro atoms. The monoisotopic (exact) mass is 183 g/mol. The van der Waals surface area contributed by atoms with Crippen LogP contribution in [0.2, 0.25) is 15.1 Å². The van der Waals surface area contributed by atoms with E-state index in [0.717, 1.165) is 0 Å². The van der Waals surface area contributed by atoms with E-state index in [9.17, 15) is 0 Å². The summed E-state index contributed by atoms with van der Waals surface area (Å²) >= 11 is 16.6. The van der Waals surface area contributed by atoms with Crippen LogP contribution in [0.3, 0.4) is 0 Å². The largest absolute Gasteiger partial charge is 0.0843 e. The van der Waals surface area contributed by atoms with Crippen molar-refractivity contribution in [2.45, 2.75) is 0 Å². The summed E-state index contributed by atoms with van der Waals surface area (Å²) in [6, 6.07) is -0.719. The molecule has 0 aromatic heterocycles. The highest BCUT2D eigenvalue weighted by Gasteiger charge is 1.94. The van der Waals surface area contributed by atoms with Crippen molar-refractivity contribution in [2.24, 2.45) is 0 Å². The van der Waals surface area contributed by atoms with E-state index in [2.05, 4.69) is 0 Å². The summed E-state index contributed by atoms with van der Waals surface area (Å²) < 4.78 is 21.8. The van der Waals surface area contributed by atoms with Crippen LogP contribution in [0.25, 0.3) is 0 Å². The van der Waals surface area contributed by atoms with Gasteiger partial charge in [-0.25, -0.2) is 0 Å². The zero-order chi connectivity index (χ0) is 9.46. The third kappa shape index (κ3) is 1.75. The quantitative estimate of drug-likeness (QED) is 0.540. The minimum atomic E-state index is -0.268. The molecule has 0 aliphatic heterocycles. The van der Waals surface area contributed by atoms with E-state index in [1.54, 1.807) is 0 Å². The van der Waals surface area contributed by atoms with Gasteiger partial charge in [-0.05, 0) is 18.1 Å². The van der Waals surface area contributed by atoms with Crippen molar-refractivity contribution in [3.8, 4) is 0 Å². The van der Waals surface area contributed by atoms with E-state index >= 15 is 0 Å². The van der Waals surface area contributed by atoms with E-state index in [1.165, 1.54) is 0 Å². The van der Waals surface area contributed by atoms with Gasteiger partial charge in [0, 0.05) is 5.02 Å². The summed E-state index contributed by atoms with van der Waals surface area (Å²) in [7, 11) is 0. The maximum absolute atomic E-state index is 7.27. The van der Waals surface area contributed by atoms with Crippen LogP contribution in [-0.2, 0) is 0 Å². The second-order valence-electron chi connectivity index (χ2n) is 1.32. The van der Waals surface area contributed by atoms with Crippen molar-refractivity contribution in [3.63, 3.8) is 0 Å². The Morgan fingerprint density at radius 2 is 1.78 bits per heavy atom. The van der Waals surface area contributed by atoms with E-state index in [-0.39, 0.29) is 33.2 Å². The van der Waals surface area contributed by atoms with Crippen molar-refractivity contribution in [3.05, 3.63) is 33.2 Å². The second kappa shape index (κ2) is 2.78. The summed E-state index contributed by atoms with van der Waals surface area (Å²) in [6.45, 7) is 0. The topological polar surface area (TPSA) is 0 Å². The zero-order valence-electron chi connectivity index (χ0n) is 7.13. The Morgan fingerprint density at radius 1 is 1.11 bits per heavy atom. The SMILES string of the molecule is [2H]c1c([2H])c(Cl)c(Cl)c([2H])c1Cl. The Hall–Kier alpha value is 0.0900. The van der Waals surface area contributed by atoms with Gasteiger partial charge in [-0.2, -0.15) is 0 Å². The molecule has 0 bridgehead atoms. The highest BCUT2D eigenvalue weighted by Crippen LogP contribution is 2.24. The molecule has 0 aliphatic rings. The fourth-order valence-electron chi connectivity index (χ4n) is 0.347. The third-order valence-corrected chi connectivity index (χ3v) is 1.55. The van der Waals surface area contributed by atoms with Gasteiger partial charge in [0.05, 0.1) is 14.2 Å². The van der Waals surface area contributed by atoms with Crippen molar-refractivity contribution in [2.75, 3.05) is 0 Å². The average molecular weight is 184 g/mol. The van der Waals surface area contributed by atoms with Gasteiger partial charge in [0.1, 0.15) is 0 Å². The van der Waals surface area contributed by atoms with Crippen LogP contribution < -0.4 is 0 Å². The van der Waals surface area contributed by atoms with Crippen molar-refractivity contribution in [1.82, 2.24) is 0 Å². The highest BCUT2D eigenvalue weighted by atomic mass is 35.5. The number of hydrogen-bond acceptors (Lipinski definition) is 0. The Labute approximate surface area is 72.6 Å². The van der Waals surface area contributed by atoms with Crippen LogP contribution in [-0.4, -0.2) is 0 Å². The molecule has 0 radical (unpaired) electrons. The molecule has 0 amide bonds. The normalized spacial score (nSPS) is 14.3. The Bertz CT molecular complexity index is 232. The fraction of sp³-hybridized carbons (Fsp3) is 0. The van der Waals surface area contributed by atoms with Crippen LogP contribution in [0.1, 0.15) is 4.11 Å². The van der Waals surface area contributed by atoms with Gasteiger partial charge in [0.15, 0.2) is 0 Å². The molecule has 0 N–H and O–H groups in total.